The van der Waals surface area contributed by atoms with E-state index in [4.69, 9.17) is 4.42 Å². The van der Waals surface area contributed by atoms with E-state index in [1.54, 1.807) is 0 Å². The van der Waals surface area contributed by atoms with Crippen molar-refractivity contribution in [3.63, 3.8) is 0 Å². The number of hydrogen-bond acceptors (Lipinski definition) is 2. The Bertz CT molecular complexity index is 3380. The highest BCUT2D eigenvalue weighted by Gasteiger charge is 2.41. The number of para-hydroxylation sites is 1. The van der Waals surface area contributed by atoms with Gasteiger partial charge in [0.25, 0.3) is 0 Å². The van der Waals surface area contributed by atoms with Crippen molar-refractivity contribution in [2.75, 3.05) is 0 Å². The van der Waals surface area contributed by atoms with Crippen molar-refractivity contribution < 1.29 is 4.42 Å². The van der Waals surface area contributed by atoms with Crippen molar-refractivity contribution in [1.29, 1.82) is 0 Å². The van der Waals surface area contributed by atoms with Gasteiger partial charge in [0, 0.05) is 42.1 Å². The number of thiophene rings is 1. The predicted octanol–water partition coefficient (Wildman–Crippen LogP) is 13.0. The van der Waals surface area contributed by atoms with Crippen LogP contribution in [0.4, 0.5) is 0 Å². The summed E-state index contributed by atoms with van der Waals surface area (Å²) in [5.74, 6) is 0. The lowest BCUT2D eigenvalue weighted by Crippen LogP contribution is -2.74. The molecule has 0 fully saturated rings. The highest BCUT2D eigenvalue weighted by Crippen LogP contribution is 2.48. The van der Waals surface area contributed by atoms with Crippen molar-refractivity contribution in [3.8, 4) is 22.3 Å². The standard InChI is InChI=1S/C56H36OSSi/c1-4-17-38(18-5-1)59(39-19-6-2-7-20-39,40-21-8-3-9-22-40)41-33-31-37(32-34-41)52-43-24-10-12-26-45(43)53(46-27-13-11-25-44(46)52)48-28-16-29-49-54-50(57-55(48)49)36-35-47-42-23-14-15-30-51(42)58-56(47)54/h1-36H. The molecule has 0 aliphatic rings. The molecular weight excluding hydrogens is 749 g/mol. The smallest absolute Gasteiger partial charge is 0.179 e. The van der Waals surface area contributed by atoms with Crippen molar-refractivity contribution >= 4 is 104 Å². The Morgan fingerprint density at radius 1 is 0.339 bits per heavy atom. The van der Waals surface area contributed by atoms with Crippen molar-refractivity contribution in [3.05, 3.63) is 218 Å². The van der Waals surface area contributed by atoms with Crippen LogP contribution in [0.25, 0.3) is 85.9 Å². The van der Waals surface area contributed by atoms with Crippen LogP contribution in [-0.4, -0.2) is 8.07 Å². The lowest BCUT2D eigenvalue weighted by atomic mass is 9.85. The molecule has 59 heavy (non-hydrogen) atoms. The van der Waals surface area contributed by atoms with Crippen molar-refractivity contribution in [2.24, 2.45) is 0 Å². The summed E-state index contributed by atoms with van der Waals surface area (Å²) in [5, 5.41) is 15.3. The van der Waals surface area contributed by atoms with Gasteiger partial charge in [-0.2, -0.15) is 0 Å². The molecule has 12 rings (SSSR count). The van der Waals surface area contributed by atoms with Crippen molar-refractivity contribution in [2.45, 2.75) is 0 Å². The fourth-order valence-electron chi connectivity index (χ4n) is 9.94. The van der Waals surface area contributed by atoms with Gasteiger partial charge >= 0.3 is 0 Å². The minimum Gasteiger partial charge on any atom is -0.455 e. The zero-order chi connectivity index (χ0) is 38.9. The molecule has 2 aromatic heterocycles. The zero-order valence-electron chi connectivity index (χ0n) is 32.1. The number of furan rings is 1. The van der Waals surface area contributed by atoms with E-state index in [-0.39, 0.29) is 0 Å². The van der Waals surface area contributed by atoms with Gasteiger partial charge in [0.1, 0.15) is 11.2 Å². The third kappa shape index (κ3) is 5.09. The SMILES string of the molecule is c1ccc([Si](c2ccccc2)(c2ccccc2)c2ccc(-c3c4ccccc4c(-c4cccc5c4oc4ccc6c7ccccc7sc6c45)c4ccccc34)cc2)cc1. The average molecular weight is 785 g/mol. The van der Waals surface area contributed by atoms with Crippen LogP contribution in [0.3, 0.4) is 0 Å². The topological polar surface area (TPSA) is 13.1 Å². The normalized spacial score (nSPS) is 12.1. The van der Waals surface area contributed by atoms with Crippen molar-refractivity contribution in [1.82, 2.24) is 0 Å². The maximum Gasteiger partial charge on any atom is 0.179 e. The Labute approximate surface area is 347 Å². The molecule has 12 aromatic rings. The third-order valence-electron chi connectivity index (χ3n) is 12.4. The second-order valence-corrected chi connectivity index (χ2v) is 20.3. The number of benzene rings is 10. The van der Waals surface area contributed by atoms with E-state index in [1.165, 1.54) is 84.5 Å². The molecule has 0 saturated carbocycles. The van der Waals surface area contributed by atoms with Crippen LogP contribution in [0.2, 0.25) is 0 Å². The molecule has 0 saturated heterocycles. The maximum atomic E-state index is 6.92. The molecule has 0 unspecified atom stereocenters. The number of rotatable bonds is 6. The molecule has 10 aromatic carbocycles. The van der Waals surface area contributed by atoms with Crippen LogP contribution < -0.4 is 20.7 Å². The van der Waals surface area contributed by atoms with Gasteiger partial charge in [-0.1, -0.05) is 200 Å². The minimum absolute atomic E-state index is 0.929. The molecule has 0 aliphatic heterocycles. The molecule has 276 valence electrons. The van der Waals surface area contributed by atoms with Gasteiger partial charge in [-0.3, -0.25) is 0 Å². The molecule has 0 N–H and O–H groups in total. The summed E-state index contributed by atoms with van der Waals surface area (Å²) < 4.78 is 9.50. The van der Waals surface area contributed by atoms with Crippen LogP contribution in [-0.2, 0) is 0 Å². The summed E-state index contributed by atoms with van der Waals surface area (Å²) in [6.07, 6.45) is 0. The average Bonchev–Trinajstić information content (AvgIpc) is 3.89. The first kappa shape index (κ1) is 34.0. The Balaban J connectivity index is 1.09. The molecule has 0 atom stereocenters. The van der Waals surface area contributed by atoms with Crippen LogP contribution in [0, 0.1) is 0 Å². The van der Waals surface area contributed by atoms with E-state index in [2.05, 4.69) is 218 Å². The summed E-state index contributed by atoms with van der Waals surface area (Å²) in [4.78, 5) is 0. The second-order valence-electron chi connectivity index (χ2n) is 15.5. The van der Waals surface area contributed by atoms with Gasteiger partial charge in [-0.05, 0) is 71.6 Å². The highest BCUT2D eigenvalue weighted by molar-refractivity contribution is 7.26. The first-order valence-electron chi connectivity index (χ1n) is 20.3. The van der Waals surface area contributed by atoms with E-state index in [0.717, 1.165) is 22.1 Å². The molecule has 0 radical (unpaired) electrons. The van der Waals surface area contributed by atoms with Crippen LogP contribution in [0.5, 0.6) is 0 Å². The van der Waals surface area contributed by atoms with E-state index in [0.29, 0.717) is 0 Å². The van der Waals surface area contributed by atoms with Gasteiger partial charge in [0.2, 0.25) is 0 Å². The van der Waals surface area contributed by atoms with E-state index >= 15 is 0 Å². The molecule has 3 heteroatoms. The Hall–Kier alpha value is -7.04. The first-order chi connectivity index (χ1) is 29.3. The van der Waals surface area contributed by atoms with Gasteiger partial charge in [-0.25, -0.2) is 0 Å². The van der Waals surface area contributed by atoms with Gasteiger partial charge in [0.15, 0.2) is 8.07 Å². The summed E-state index contributed by atoms with van der Waals surface area (Å²) in [6.45, 7) is 0. The Morgan fingerprint density at radius 3 is 1.39 bits per heavy atom. The summed E-state index contributed by atoms with van der Waals surface area (Å²) in [5.41, 5.74) is 6.64. The second kappa shape index (κ2) is 13.5. The molecule has 0 aliphatic carbocycles. The quantitative estimate of drug-likeness (QED) is 0.0930. The summed E-state index contributed by atoms with van der Waals surface area (Å²) in [6, 6.07) is 80.7. The zero-order valence-corrected chi connectivity index (χ0v) is 33.9. The predicted molar refractivity (Wildman–Crippen MR) is 256 cm³/mol. The monoisotopic (exact) mass is 784 g/mol. The summed E-state index contributed by atoms with van der Waals surface area (Å²) in [7, 11) is -2.66. The van der Waals surface area contributed by atoms with Gasteiger partial charge < -0.3 is 4.42 Å². The molecule has 0 amide bonds. The molecule has 0 bridgehead atoms. The Morgan fingerprint density at radius 2 is 0.814 bits per heavy atom. The van der Waals surface area contributed by atoms with E-state index < -0.39 is 8.07 Å². The number of fused-ring (bicyclic) bond motifs is 9. The molecular formula is C56H36OSSi. The Kier molecular flexibility index (Phi) is 7.80. The lowest BCUT2D eigenvalue weighted by molar-refractivity contribution is 0.670. The van der Waals surface area contributed by atoms with Gasteiger partial charge in [-0.15, -0.1) is 11.3 Å². The first-order valence-corrected chi connectivity index (χ1v) is 23.1. The summed E-state index contributed by atoms with van der Waals surface area (Å²) >= 11 is 1.86. The fraction of sp³-hybridized carbons (Fsp3) is 0. The lowest BCUT2D eigenvalue weighted by Gasteiger charge is -2.34. The largest absolute Gasteiger partial charge is 0.455 e. The minimum atomic E-state index is -2.66. The molecule has 0 spiro atoms. The fourth-order valence-corrected chi connectivity index (χ4v) is 15.9. The third-order valence-corrected chi connectivity index (χ3v) is 18.4. The maximum absolute atomic E-state index is 6.92. The van der Waals surface area contributed by atoms with Crippen LogP contribution in [0.1, 0.15) is 0 Å². The van der Waals surface area contributed by atoms with Crippen LogP contribution in [0.15, 0.2) is 223 Å². The number of hydrogen-bond donors (Lipinski definition) is 0. The molecule has 2 heterocycles. The molecule has 1 nitrogen and oxygen atoms in total. The highest BCUT2D eigenvalue weighted by atomic mass is 32.1. The van der Waals surface area contributed by atoms with Crippen LogP contribution >= 0.6 is 11.3 Å². The van der Waals surface area contributed by atoms with Gasteiger partial charge in [0.05, 0.1) is 0 Å². The van der Waals surface area contributed by atoms with E-state index in [1.807, 2.05) is 11.3 Å². The van der Waals surface area contributed by atoms with E-state index in [9.17, 15) is 0 Å².